The SMILES string of the molecule is C=C(Br)CNC(=O)[C@H]1CCCN(c2cnccn2)C1. The summed E-state index contributed by atoms with van der Waals surface area (Å²) in [5.74, 6) is 0.918. The zero-order chi connectivity index (χ0) is 13.7. The van der Waals surface area contributed by atoms with Gasteiger partial charge in [0.2, 0.25) is 5.91 Å². The Kier molecular flexibility index (Phi) is 4.90. The lowest BCUT2D eigenvalue weighted by Gasteiger charge is -2.32. The number of piperidine rings is 1. The van der Waals surface area contributed by atoms with Gasteiger partial charge in [0.05, 0.1) is 12.1 Å². The highest BCUT2D eigenvalue weighted by atomic mass is 79.9. The molecule has 0 spiro atoms. The number of hydrogen-bond donors (Lipinski definition) is 1. The molecule has 0 saturated carbocycles. The van der Waals surface area contributed by atoms with E-state index in [1.807, 2.05) is 0 Å². The molecule has 1 aliphatic heterocycles. The summed E-state index contributed by atoms with van der Waals surface area (Å²) in [6, 6.07) is 0. The molecule has 1 amide bonds. The molecule has 2 rings (SSSR count). The van der Waals surface area contributed by atoms with Gasteiger partial charge in [-0.2, -0.15) is 0 Å². The zero-order valence-corrected chi connectivity index (χ0v) is 12.3. The standard InChI is InChI=1S/C13H17BrN4O/c1-10(14)7-17-13(19)11-3-2-6-18(9-11)12-8-15-4-5-16-12/h4-5,8,11H,1-3,6-7,9H2,(H,17,19)/t11-/m0/s1. The molecule has 6 heteroatoms. The van der Waals surface area contributed by atoms with Crippen molar-refractivity contribution in [1.82, 2.24) is 15.3 Å². The van der Waals surface area contributed by atoms with Gasteiger partial charge in [0.25, 0.3) is 0 Å². The van der Waals surface area contributed by atoms with Crippen LogP contribution in [-0.4, -0.2) is 35.5 Å². The molecule has 5 nitrogen and oxygen atoms in total. The average Bonchev–Trinajstić information content (AvgIpc) is 2.46. The van der Waals surface area contributed by atoms with Crippen LogP contribution in [0.25, 0.3) is 0 Å². The lowest BCUT2D eigenvalue weighted by Crippen LogP contribution is -2.43. The van der Waals surface area contributed by atoms with Crippen LogP contribution in [0.4, 0.5) is 5.82 Å². The number of anilines is 1. The minimum atomic E-state index is 0.00241. The molecule has 0 aliphatic carbocycles. The fourth-order valence-electron chi connectivity index (χ4n) is 2.18. The van der Waals surface area contributed by atoms with E-state index < -0.39 is 0 Å². The third kappa shape index (κ3) is 4.02. The van der Waals surface area contributed by atoms with E-state index in [2.05, 4.69) is 42.7 Å². The molecule has 102 valence electrons. The summed E-state index contributed by atoms with van der Waals surface area (Å²) in [5, 5.41) is 2.88. The summed E-state index contributed by atoms with van der Waals surface area (Å²) in [6.07, 6.45) is 6.97. The first-order valence-corrected chi connectivity index (χ1v) is 7.08. The van der Waals surface area contributed by atoms with Crippen LogP contribution in [0, 0.1) is 5.92 Å². The molecule has 1 aromatic rings. The van der Waals surface area contributed by atoms with Gasteiger partial charge in [0, 0.05) is 36.5 Å². The molecule has 1 aliphatic rings. The molecule has 1 aromatic heterocycles. The molecule has 0 radical (unpaired) electrons. The van der Waals surface area contributed by atoms with Gasteiger partial charge in [-0.25, -0.2) is 4.98 Å². The molecular formula is C13H17BrN4O. The predicted octanol–water partition coefficient (Wildman–Crippen LogP) is 1.72. The molecule has 1 saturated heterocycles. The minimum absolute atomic E-state index is 0.00241. The summed E-state index contributed by atoms with van der Waals surface area (Å²) in [6.45, 7) is 5.80. The van der Waals surface area contributed by atoms with Crippen LogP contribution in [-0.2, 0) is 4.79 Å². The Bertz CT molecular complexity index is 451. The van der Waals surface area contributed by atoms with Crippen LogP contribution in [0.1, 0.15) is 12.8 Å². The van der Waals surface area contributed by atoms with E-state index >= 15 is 0 Å². The van der Waals surface area contributed by atoms with Gasteiger partial charge in [0.15, 0.2) is 0 Å². The molecule has 0 bridgehead atoms. The van der Waals surface area contributed by atoms with Crippen molar-refractivity contribution in [2.24, 2.45) is 5.92 Å². The van der Waals surface area contributed by atoms with Crippen molar-refractivity contribution in [3.8, 4) is 0 Å². The van der Waals surface area contributed by atoms with Gasteiger partial charge in [-0.15, -0.1) is 0 Å². The van der Waals surface area contributed by atoms with Crippen LogP contribution in [0.5, 0.6) is 0 Å². The molecule has 19 heavy (non-hydrogen) atoms. The third-order valence-corrected chi connectivity index (χ3v) is 3.40. The molecule has 1 N–H and O–H groups in total. The highest BCUT2D eigenvalue weighted by Gasteiger charge is 2.26. The maximum Gasteiger partial charge on any atom is 0.225 e. The van der Waals surface area contributed by atoms with Crippen molar-refractivity contribution >= 4 is 27.7 Å². The first-order valence-electron chi connectivity index (χ1n) is 6.29. The Labute approximate surface area is 121 Å². The summed E-state index contributed by atoms with van der Waals surface area (Å²) >= 11 is 3.24. The third-order valence-electron chi connectivity index (χ3n) is 3.12. The highest BCUT2D eigenvalue weighted by Crippen LogP contribution is 2.21. The summed E-state index contributed by atoms with van der Waals surface area (Å²) in [7, 11) is 0. The second kappa shape index (κ2) is 6.65. The maximum atomic E-state index is 12.0. The Morgan fingerprint density at radius 1 is 1.58 bits per heavy atom. The van der Waals surface area contributed by atoms with Gasteiger partial charge in [-0.05, 0) is 12.8 Å². The predicted molar refractivity (Wildman–Crippen MR) is 78.0 cm³/mol. The van der Waals surface area contributed by atoms with Gasteiger partial charge >= 0.3 is 0 Å². The number of nitrogens with one attached hydrogen (secondary N) is 1. The Hall–Kier alpha value is -1.43. The second-order valence-corrected chi connectivity index (χ2v) is 5.71. The summed E-state index contributed by atoms with van der Waals surface area (Å²) in [4.78, 5) is 22.5. The van der Waals surface area contributed by atoms with Crippen molar-refractivity contribution in [2.45, 2.75) is 12.8 Å². The van der Waals surface area contributed by atoms with E-state index in [0.717, 1.165) is 29.7 Å². The summed E-state index contributed by atoms with van der Waals surface area (Å²) < 4.78 is 0.780. The zero-order valence-electron chi connectivity index (χ0n) is 10.7. The quantitative estimate of drug-likeness (QED) is 0.916. The topological polar surface area (TPSA) is 58.1 Å². The van der Waals surface area contributed by atoms with E-state index in [4.69, 9.17) is 0 Å². The number of halogens is 1. The molecule has 2 heterocycles. The van der Waals surface area contributed by atoms with Crippen LogP contribution < -0.4 is 10.2 Å². The van der Waals surface area contributed by atoms with Crippen LogP contribution in [0.2, 0.25) is 0 Å². The van der Waals surface area contributed by atoms with Crippen LogP contribution in [0.15, 0.2) is 29.7 Å². The second-order valence-electron chi connectivity index (χ2n) is 4.58. The van der Waals surface area contributed by atoms with E-state index in [1.54, 1.807) is 18.6 Å². The van der Waals surface area contributed by atoms with Gasteiger partial charge in [-0.3, -0.25) is 9.78 Å². The maximum absolute atomic E-state index is 12.0. The number of hydrogen-bond acceptors (Lipinski definition) is 4. The smallest absolute Gasteiger partial charge is 0.225 e. The number of nitrogens with zero attached hydrogens (tertiary/aromatic N) is 3. The van der Waals surface area contributed by atoms with E-state index in [1.165, 1.54) is 0 Å². The largest absolute Gasteiger partial charge is 0.355 e. The monoisotopic (exact) mass is 324 g/mol. The van der Waals surface area contributed by atoms with Gasteiger partial charge < -0.3 is 10.2 Å². The Balaban J connectivity index is 1.93. The van der Waals surface area contributed by atoms with E-state index in [0.29, 0.717) is 13.1 Å². The van der Waals surface area contributed by atoms with Crippen molar-refractivity contribution in [1.29, 1.82) is 0 Å². The average molecular weight is 325 g/mol. The molecular weight excluding hydrogens is 308 g/mol. The molecule has 0 unspecified atom stereocenters. The van der Waals surface area contributed by atoms with Crippen LogP contribution >= 0.6 is 15.9 Å². The summed E-state index contributed by atoms with van der Waals surface area (Å²) in [5.41, 5.74) is 0. The Morgan fingerprint density at radius 2 is 2.42 bits per heavy atom. The van der Waals surface area contributed by atoms with Gasteiger partial charge in [0.1, 0.15) is 5.82 Å². The number of rotatable bonds is 4. The highest BCUT2D eigenvalue weighted by molar-refractivity contribution is 9.11. The number of amides is 1. The Morgan fingerprint density at radius 3 is 3.11 bits per heavy atom. The fraction of sp³-hybridized carbons (Fsp3) is 0.462. The lowest BCUT2D eigenvalue weighted by molar-refractivity contribution is -0.125. The van der Waals surface area contributed by atoms with Crippen molar-refractivity contribution in [2.75, 3.05) is 24.5 Å². The number of carbonyl (C=O) groups excluding carboxylic acids is 1. The van der Waals surface area contributed by atoms with E-state index in [9.17, 15) is 4.79 Å². The molecule has 0 aromatic carbocycles. The van der Waals surface area contributed by atoms with Gasteiger partial charge in [-0.1, -0.05) is 22.5 Å². The van der Waals surface area contributed by atoms with Crippen LogP contribution in [0.3, 0.4) is 0 Å². The molecule has 1 fully saturated rings. The van der Waals surface area contributed by atoms with Crippen molar-refractivity contribution < 1.29 is 4.79 Å². The number of aromatic nitrogens is 2. The van der Waals surface area contributed by atoms with Crippen molar-refractivity contribution in [3.63, 3.8) is 0 Å². The number of carbonyl (C=O) groups is 1. The van der Waals surface area contributed by atoms with Crippen molar-refractivity contribution in [3.05, 3.63) is 29.7 Å². The lowest BCUT2D eigenvalue weighted by atomic mass is 9.97. The first-order chi connectivity index (χ1) is 9.16. The normalized spacial score (nSPS) is 19.0. The van der Waals surface area contributed by atoms with E-state index in [-0.39, 0.29) is 11.8 Å². The first kappa shape index (κ1) is 14.0. The fourth-order valence-corrected chi connectivity index (χ4v) is 2.32. The minimum Gasteiger partial charge on any atom is -0.355 e. The molecule has 1 atom stereocenters.